The Balaban J connectivity index is 1.78. The first-order chi connectivity index (χ1) is 13.4. The van der Waals surface area contributed by atoms with Gasteiger partial charge in [-0.1, -0.05) is 43.7 Å². The molecule has 2 amide bonds. The summed E-state index contributed by atoms with van der Waals surface area (Å²) >= 11 is 0. The molecule has 2 aromatic rings. The highest BCUT2D eigenvalue weighted by molar-refractivity contribution is 5.99. The minimum atomic E-state index is -0.353. The van der Waals surface area contributed by atoms with E-state index >= 15 is 0 Å². The van der Waals surface area contributed by atoms with Gasteiger partial charge < -0.3 is 10.1 Å². The van der Waals surface area contributed by atoms with Crippen molar-refractivity contribution in [3.63, 3.8) is 0 Å². The third-order valence-corrected chi connectivity index (χ3v) is 5.43. The van der Waals surface area contributed by atoms with Gasteiger partial charge in [0.15, 0.2) is 0 Å². The predicted octanol–water partition coefficient (Wildman–Crippen LogP) is 4.54. The molecule has 2 fully saturated rings. The van der Waals surface area contributed by atoms with Gasteiger partial charge in [0.25, 0.3) is 5.91 Å². The molecule has 5 heteroatoms. The van der Waals surface area contributed by atoms with Crippen LogP contribution in [0.5, 0.6) is 0 Å². The van der Waals surface area contributed by atoms with Crippen molar-refractivity contribution in [3.05, 3.63) is 53.6 Å². The van der Waals surface area contributed by atoms with Gasteiger partial charge in [-0.2, -0.15) is 0 Å². The molecule has 1 N–H and O–H groups in total. The van der Waals surface area contributed by atoms with Crippen molar-refractivity contribution in [3.8, 4) is 11.1 Å². The van der Waals surface area contributed by atoms with Crippen molar-refractivity contribution in [1.29, 1.82) is 0 Å². The van der Waals surface area contributed by atoms with Gasteiger partial charge in [-0.3, -0.25) is 9.69 Å². The molecule has 0 aromatic heterocycles. The molecule has 1 heterocycles. The zero-order chi connectivity index (χ0) is 19.8. The molecule has 0 spiro atoms. The van der Waals surface area contributed by atoms with E-state index in [4.69, 9.17) is 4.74 Å². The lowest BCUT2D eigenvalue weighted by Crippen LogP contribution is -2.37. The molecule has 0 unspecified atom stereocenters. The van der Waals surface area contributed by atoms with Crippen molar-refractivity contribution in [2.75, 3.05) is 11.5 Å². The van der Waals surface area contributed by atoms with Gasteiger partial charge in [0.2, 0.25) is 0 Å². The van der Waals surface area contributed by atoms with E-state index in [1.54, 1.807) is 11.0 Å². The maximum Gasteiger partial charge on any atom is 0.414 e. The van der Waals surface area contributed by atoms with Crippen LogP contribution in [0.1, 0.15) is 42.6 Å². The highest BCUT2D eigenvalue weighted by atomic mass is 16.6. The molecule has 28 heavy (non-hydrogen) atoms. The van der Waals surface area contributed by atoms with Crippen molar-refractivity contribution in [1.82, 2.24) is 5.32 Å². The number of ether oxygens (including phenoxy) is 1. The number of nitrogens with one attached hydrogen (secondary N) is 1. The molecule has 4 rings (SSSR count). The van der Waals surface area contributed by atoms with Crippen LogP contribution in [0.3, 0.4) is 0 Å². The second-order valence-electron chi connectivity index (χ2n) is 8.14. The number of hydrogen-bond acceptors (Lipinski definition) is 3. The molecular formula is C23H26N2O3. The number of amides is 2. The summed E-state index contributed by atoms with van der Waals surface area (Å²) in [5.41, 5.74) is 4.39. The van der Waals surface area contributed by atoms with Crippen LogP contribution in [0.2, 0.25) is 0 Å². The van der Waals surface area contributed by atoms with Crippen molar-refractivity contribution >= 4 is 17.7 Å². The van der Waals surface area contributed by atoms with Crippen molar-refractivity contribution < 1.29 is 14.3 Å². The molecule has 1 saturated carbocycles. The molecule has 146 valence electrons. The Labute approximate surface area is 165 Å². The standard InChI is InChI=1S/C23H26N2O3/c1-14(2)21-13-28-23(27)25(21)20-11-17(16-6-4-15(3)5-7-16)10-18(12-20)22(26)24-19-8-9-19/h4-7,10-12,14,19,21H,8-9,13H2,1-3H3,(H,24,26)/t21-/m1/s1. The number of hydrogen-bond donors (Lipinski definition) is 1. The molecule has 1 saturated heterocycles. The molecule has 5 nitrogen and oxygen atoms in total. The largest absolute Gasteiger partial charge is 0.447 e. The van der Waals surface area contributed by atoms with E-state index < -0.39 is 0 Å². The summed E-state index contributed by atoms with van der Waals surface area (Å²) in [6.07, 6.45) is 1.71. The van der Waals surface area contributed by atoms with Gasteiger partial charge in [0.1, 0.15) is 6.61 Å². The predicted molar refractivity (Wildman–Crippen MR) is 110 cm³/mol. The molecule has 0 radical (unpaired) electrons. The number of nitrogens with zero attached hydrogens (tertiary/aromatic N) is 1. The normalized spacial score (nSPS) is 19.1. The van der Waals surface area contributed by atoms with Gasteiger partial charge in [-0.15, -0.1) is 0 Å². The van der Waals surface area contributed by atoms with Gasteiger partial charge in [0.05, 0.1) is 6.04 Å². The van der Waals surface area contributed by atoms with Crippen LogP contribution in [-0.4, -0.2) is 30.7 Å². The maximum absolute atomic E-state index is 12.8. The summed E-state index contributed by atoms with van der Waals surface area (Å²) in [5.74, 6) is 0.157. The molecule has 1 atom stereocenters. The van der Waals surface area contributed by atoms with E-state index in [2.05, 4.69) is 19.2 Å². The molecule has 2 aliphatic rings. The second-order valence-corrected chi connectivity index (χ2v) is 8.14. The number of rotatable bonds is 5. The number of carbonyl (C=O) groups excluding carboxylic acids is 2. The molecule has 0 bridgehead atoms. The first-order valence-electron chi connectivity index (χ1n) is 9.91. The SMILES string of the molecule is Cc1ccc(-c2cc(C(=O)NC3CC3)cc(N3C(=O)OC[C@@H]3C(C)C)c2)cc1. The Bertz CT molecular complexity index is 901. The fourth-order valence-electron chi connectivity index (χ4n) is 3.51. The topological polar surface area (TPSA) is 58.6 Å². The van der Waals surface area contributed by atoms with Crippen LogP contribution >= 0.6 is 0 Å². The number of aryl methyl sites for hydroxylation is 1. The quantitative estimate of drug-likeness (QED) is 0.831. The number of cyclic esters (lactones) is 1. The Hall–Kier alpha value is -2.82. The second kappa shape index (κ2) is 7.30. The summed E-state index contributed by atoms with van der Waals surface area (Å²) in [5, 5.41) is 3.05. The monoisotopic (exact) mass is 378 g/mol. The lowest BCUT2D eigenvalue weighted by Gasteiger charge is -2.25. The van der Waals surface area contributed by atoms with Crippen LogP contribution in [0.4, 0.5) is 10.5 Å². The van der Waals surface area contributed by atoms with E-state index in [1.807, 2.05) is 43.3 Å². The first-order valence-corrected chi connectivity index (χ1v) is 9.91. The summed E-state index contributed by atoms with van der Waals surface area (Å²) in [4.78, 5) is 26.9. The van der Waals surface area contributed by atoms with Gasteiger partial charge >= 0.3 is 6.09 Å². The Morgan fingerprint density at radius 2 is 1.82 bits per heavy atom. The fourth-order valence-corrected chi connectivity index (χ4v) is 3.51. The maximum atomic E-state index is 12.8. The zero-order valence-corrected chi connectivity index (χ0v) is 16.6. The highest BCUT2D eigenvalue weighted by Gasteiger charge is 2.36. The van der Waals surface area contributed by atoms with Gasteiger partial charge in [0, 0.05) is 17.3 Å². The van der Waals surface area contributed by atoms with Gasteiger partial charge in [-0.05, 0) is 55.0 Å². The summed E-state index contributed by atoms with van der Waals surface area (Å²) in [6, 6.07) is 14.1. The van der Waals surface area contributed by atoms with Crippen LogP contribution in [0.25, 0.3) is 11.1 Å². The summed E-state index contributed by atoms with van der Waals surface area (Å²) < 4.78 is 5.32. The van der Waals surface area contributed by atoms with Crippen molar-refractivity contribution in [2.45, 2.75) is 45.7 Å². The van der Waals surface area contributed by atoms with E-state index in [1.165, 1.54) is 5.56 Å². The average Bonchev–Trinajstić information content (AvgIpc) is 3.40. The smallest absolute Gasteiger partial charge is 0.414 e. The third-order valence-electron chi connectivity index (χ3n) is 5.43. The molecule has 1 aliphatic carbocycles. The number of benzene rings is 2. The lowest BCUT2D eigenvalue weighted by molar-refractivity contribution is 0.0951. The molecule has 1 aliphatic heterocycles. The number of anilines is 1. The van der Waals surface area contributed by atoms with Crippen LogP contribution in [-0.2, 0) is 4.74 Å². The fraction of sp³-hybridized carbons (Fsp3) is 0.391. The van der Waals surface area contributed by atoms with Crippen LogP contribution < -0.4 is 10.2 Å². The Kier molecular flexibility index (Phi) is 4.84. The lowest BCUT2D eigenvalue weighted by atomic mass is 9.98. The minimum Gasteiger partial charge on any atom is -0.447 e. The molecular weight excluding hydrogens is 352 g/mol. The van der Waals surface area contributed by atoms with E-state index in [0.717, 1.165) is 24.0 Å². The Morgan fingerprint density at radius 1 is 1.11 bits per heavy atom. The third kappa shape index (κ3) is 3.75. The average molecular weight is 378 g/mol. The summed E-state index contributed by atoms with van der Waals surface area (Å²) in [7, 11) is 0. The van der Waals surface area contributed by atoms with Crippen molar-refractivity contribution in [2.24, 2.45) is 5.92 Å². The summed E-state index contributed by atoms with van der Waals surface area (Å²) in [6.45, 7) is 6.56. The highest BCUT2D eigenvalue weighted by Crippen LogP contribution is 2.33. The van der Waals surface area contributed by atoms with E-state index in [9.17, 15) is 9.59 Å². The van der Waals surface area contributed by atoms with Crippen LogP contribution in [0.15, 0.2) is 42.5 Å². The van der Waals surface area contributed by atoms with Gasteiger partial charge in [-0.25, -0.2) is 4.79 Å². The van der Waals surface area contributed by atoms with E-state index in [-0.39, 0.29) is 30.0 Å². The first kappa shape index (κ1) is 18.5. The Morgan fingerprint density at radius 3 is 2.46 bits per heavy atom. The van der Waals surface area contributed by atoms with E-state index in [0.29, 0.717) is 17.9 Å². The minimum absolute atomic E-state index is 0.0416. The molecule has 2 aromatic carbocycles. The zero-order valence-electron chi connectivity index (χ0n) is 16.6. The number of carbonyl (C=O) groups is 2. The van der Waals surface area contributed by atoms with Crippen LogP contribution in [0, 0.1) is 12.8 Å².